The summed E-state index contributed by atoms with van der Waals surface area (Å²) in [5, 5.41) is 0. The van der Waals surface area contributed by atoms with Crippen LogP contribution in [0.4, 0.5) is 0 Å². The van der Waals surface area contributed by atoms with Crippen molar-refractivity contribution in [2.24, 2.45) is 11.3 Å². The van der Waals surface area contributed by atoms with Crippen LogP contribution >= 0.6 is 0 Å². The third kappa shape index (κ3) is 2.50. The van der Waals surface area contributed by atoms with E-state index in [2.05, 4.69) is 48.5 Å². The second-order valence-corrected chi connectivity index (χ2v) is 6.78. The van der Waals surface area contributed by atoms with Crippen molar-refractivity contribution >= 4 is 0 Å². The predicted molar refractivity (Wildman–Crippen MR) is 61.4 cm³/mol. The molecule has 0 N–H and O–H groups in total. The van der Waals surface area contributed by atoms with Gasteiger partial charge in [-0.1, -0.05) is 20.8 Å². The Morgan fingerprint density at radius 2 is 1.21 bits per heavy atom. The monoisotopic (exact) mass is 198 g/mol. The highest BCUT2D eigenvalue weighted by Crippen LogP contribution is 2.49. The van der Waals surface area contributed by atoms with E-state index in [1.807, 2.05) is 0 Å². The van der Waals surface area contributed by atoms with Crippen molar-refractivity contribution in [2.45, 2.75) is 72.5 Å². The van der Waals surface area contributed by atoms with Crippen molar-refractivity contribution < 1.29 is 4.74 Å². The van der Waals surface area contributed by atoms with Crippen molar-refractivity contribution in [3.8, 4) is 0 Å². The minimum Gasteiger partial charge on any atom is -0.370 e. The summed E-state index contributed by atoms with van der Waals surface area (Å²) >= 11 is 0. The fourth-order valence-electron chi connectivity index (χ4n) is 3.24. The van der Waals surface area contributed by atoms with E-state index in [4.69, 9.17) is 4.74 Å². The van der Waals surface area contributed by atoms with Crippen LogP contribution in [0.5, 0.6) is 0 Å². The van der Waals surface area contributed by atoms with Crippen molar-refractivity contribution in [1.29, 1.82) is 0 Å². The first kappa shape index (κ1) is 12.0. The van der Waals surface area contributed by atoms with Gasteiger partial charge in [0.1, 0.15) is 0 Å². The van der Waals surface area contributed by atoms with Gasteiger partial charge in [-0.15, -0.1) is 0 Å². The second kappa shape index (κ2) is 3.23. The second-order valence-electron chi connectivity index (χ2n) is 6.78. The molecule has 0 atom stereocenters. The topological polar surface area (TPSA) is 9.23 Å². The van der Waals surface area contributed by atoms with E-state index in [0.29, 0.717) is 5.41 Å². The van der Waals surface area contributed by atoms with E-state index in [1.54, 1.807) is 0 Å². The molecule has 1 aliphatic heterocycles. The average Bonchev–Trinajstić information content (AvgIpc) is 1.76. The molecular weight excluding hydrogens is 172 g/mol. The number of rotatable bonds is 1. The third-order valence-electron chi connectivity index (χ3n) is 3.61. The van der Waals surface area contributed by atoms with Gasteiger partial charge in [0.15, 0.2) is 0 Å². The lowest BCUT2D eigenvalue weighted by molar-refractivity contribution is -0.201. The third-order valence-corrected chi connectivity index (χ3v) is 3.61. The molecule has 1 nitrogen and oxygen atoms in total. The summed E-state index contributed by atoms with van der Waals surface area (Å²) in [4.78, 5) is 0. The van der Waals surface area contributed by atoms with E-state index in [9.17, 15) is 0 Å². The standard InChI is InChI=1S/C13H26O/c1-10(2)13(7)8-11(3,4)14-12(5,6)9-13/h10H,8-9H2,1-7H3. The smallest absolute Gasteiger partial charge is 0.0639 e. The van der Waals surface area contributed by atoms with Gasteiger partial charge in [-0.2, -0.15) is 0 Å². The van der Waals surface area contributed by atoms with Crippen LogP contribution < -0.4 is 0 Å². The van der Waals surface area contributed by atoms with Crippen LogP contribution in [0, 0.1) is 11.3 Å². The molecule has 0 aromatic heterocycles. The molecular formula is C13H26O. The molecule has 0 bridgehead atoms. The molecule has 0 saturated carbocycles. The maximum atomic E-state index is 6.11. The molecule has 1 aliphatic rings. The Kier molecular flexibility index (Phi) is 2.78. The van der Waals surface area contributed by atoms with E-state index in [-0.39, 0.29) is 11.2 Å². The average molecular weight is 198 g/mol. The molecule has 1 fully saturated rings. The molecule has 0 aliphatic carbocycles. The highest BCUT2D eigenvalue weighted by molar-refractivity contribution is 4.96. The van der Waals surface area contributed by atoms with Crippen LogP contribution in [0.15, 0.2) is 0 Å². The Balaban J connectivity index is 2.92. The molecule has 0 radical (unpaired) electrons. The van der Waals surface area contributed by atoms with Crippen molar-refractivity contribution in [1.82, 2.24) is 0 Å². The summed E-state index contributed by atoms with van der Waals surface area (Å²) in [6.45, 7) is 15.9. The Morgan fingerprint density at radius 3 is 1.50 bits per heavy atom. The highest BCUT2D eigenvalue weighted by atomic mass is 16.5. The van der Waals surface area contributed by atoms with Gasteiger partial charge in [0.25, 0.3) is 0 Å². The lowest BCUT2D eigenvalue weighted by Crippen LogP contribution is -2.51. The molecule has 0 aromatic rings. The van der Waals surface area contributed by atoms with Crippen LogP contribution in [-0.2, 0) is 4.74 Å². The summed E-state index contributed by atoms with van der Waals surface area (Å²) in [6.07, 6.45) is 2.34. The van der Waals surface area contributed by atoms with E-state index >= 15 is 0 Å². The van der Waals surface area contributed by atoms with Crippen LogP contribution in [0.2, 0.25) is 0 Å². The lowest BCUT2D eigenvalue weighted by atomic mass is 9.64. The fraction of sp³-hybridized carbons (Fsp3) is 1.00. The van der Waals surface area contributed by atoms with Crippen LogP contribution in [0.1, 0.15) is 61.3 Å². The normalized spacial score (nSPS) is 29.1. The van der Waals surface area contributed by atoms with E-state index < -0.39 is 0 Å². The highest BCUT2D eigenvalue weighted by Gasteiger charge is 2.46. The van der Waals surface area contributed by atoms with Crippen molar-refractivity contribution in [3.63, 3.8) is 0 Å². The minimum atomic E-state index is 0.0285. The van der Waals surface area contributed by atoms with Gasteiger partial charge in [-0.25, -0.2) is 0 Å². The molecule has 0 aromatic carbocycles. The van der Waals surface area contributed by atoms with Gasteiger partial charge in [-0.3, -0.25) is 0 Å². The SMILES string of the molecule is CC(C)C1(C)CC(C)(C)OC(C)(C)C1. The first-order valence-corrected chi connectivity index (χ1v) is 5.77. The maximum Gasteiger partial charge on any atom is 0.0639 e. The molecule has 0 unspecified atom stereocenters. The Bertz CT molecular complexity index is 197. The van der Waals surface area contributed by atoms with Gasteiger partial charge in [-0.05, 0) is 51.9 Å². The fourth-order valence-corrected chi connectivity index (χ4v) is 3.24. The molecule has 1 heterocycles. The predicted octanol–water partition coefficient (Wildman–Crippen LogP) is 4.02. The Hall–Kier alpha value is -0.0400. The largest absolute Gasteiger partial charge is 0.370 e. The van der Waals surface area contributed by atoms with Crippen LogP contribution in [0.25, 0.3) is 0 Å². The maximum absolute atomic E-state index is 6.11. The molecule has 1 saturated heterocycles. The Labute approximate surface area is 89.2 Å². The van der Waals surface area contributed by atoms with E-state index in [0.717, 1.165) is 5.92 Å². The summed E-state index contributed by atoms with van der Waals surface area (Å²) < 4.78 is 6.11. The van der Waals surface area contributed by atoms with Gasteiger partial charge < -0.3 is 4.74 Å². The summed E-state index contributed by atoms with van der Waals surface area (Å²) in [5.74, 6) is 0.727. The first-order chi connectivity index (χ1) is 6.06. The zero-order chi connectivity index (χ0) is 11.2. The number of ether oxygens (including phenoxy) is 1. The molecule has 0 amide bonds. The summed E-state index contributed by atoms with van der Waals surface area (Å²) in [7, 11) is 0. The number of hydrogen-bond acceptors (Lipinski definition) is 1. The summed E-state index contributed by atoms with van der Waals surface area (Å²) in [5.41, 5.74) is 0.479. The summed E-state index contributed by atoms with van der Waals surface area (Å²) in [6, 6.07) is 0. The molecule has 84 valence electrons. The quantitative estimate of drug-likeness (QED) is 0.618. The first-order valence-electron chi connectivity index (χ1n) is 5.77. The zero-order valence-corrected chi connectivity index (χ0v) is 10.9. The van der Waals surface area contributed by atoms with Crippen LogP contribution in [-0.4, -0.2) is 11.2 Å². The van der Waals surface area contributed by atoms with Crippen molar-refractivity contribution in [2.75, 3.05) is 0 Å². The molecule has 1 heteroatoms. The van der Waals surface area contributed by atoms with Gasteiger partial charge in [0.2, 0.25) is 0 Å². The molecule has 0 spiro atoms. The number of hydrogen-bond donors (Lipinski definition) is 0. The minimum absolute atomic E-state index is 0.0285. The van der Waals surface area contributed by atoms with Crippen molar-refractivity contribution in [3.05, 3.63) is 0 Å². The van der Waals surface area contributed by atoms with E-state index in [1.165, 1.54) is 12.8 Å². The lowest BCUT2D eigenvalue weighted by Gasteiger charge is -2.52. The van der Waals surface area contributed by atoms with Gasteiger partial charge in [0, 0.05) is 0 Å². The van der Waals surface area contributed by atoms with Crippen LogP contribution in [0.3, 0.4) is 0 Å². The van der Waals surface area contributed by atoms with Gasteiger partial charge in [0.05, 0.1) is 11.2 Å². The molecule has 1 rings (SSSR count). The zero-order valence-electron chi connectivity index (χ0n) is 10.9. The van der Waals surface area contributed by atoms with Gasteiger partial charge >= 0.3 is 0 Å². The Morgan fingerprint density at radius 1 is 0.857 bits per heavy atom. The molecule has 14 heavy (non-hydrogen) atoms.